The summed E-state index contributed by atoms with van der Waals surface area (Å²) in [7, 11) is 0. The van der Waals surface area contributed by atoms with Crippen LogP contribution in [0.25, 0.3) is 11.3 Å². The summed E-state index contributed by atoms with van der Waals surface area (Å²) >= 11 is 0. The van der Waals surface area contributed by atoms with E-state index >= 15 is 0 Å². The Kier molecular flexibility index (Phi) is 6.13. The largest absolute Gasteiger partial charge is 0.489 e. The molecule has 0 fully saturated rings. The van der Waals surface area contributed by atoms with Gasteiger partial charge in [0.25, 0.3) is 0 Å². The highest BCUT2D eigenvalue weighted by Gasteiger charge is 2.22. The number of nitrogens with zero attached hydrogens (tertiary/aromatic N) is 2. The van der Waals surface area contributed by atoms with Gasteiger partial charge in [0, 0.05) is 11.6 Å². The fraction of sp³-hybridized carbons (Fsp3) is 0.235. The summed E-state index contributed by atoms with van der Waals surface area (Å²) in [5.41, 5.74) is 1.04. The Morgan fingerprint density at radius 2 is 1.96 bits per heavy atom. The lowest BCUT2D eigenvalue weighted by Crippen LogP contribution is -2.07. The van der Waals surface area contributed by atoms with Gasteiger partial charge in [-0.25, -0.2) is 4.79 Å². The van der Waals surface area contributed by atoms with E-state index in [2.05, 4.69) is 28.6 Å². The van der Waals surface area contributed by atoms with Crippen molar-refractivity contribution in [1.82, 2.24) is 15.4 Å². The van der Waals surface area contributed by atoms with Gasteiger partial charge >= 0.3 is 5.97 Å². The lowest BCUT2D eigenvalue weighted by atomic mass is 10.1. The number of nitrogens with one attached hydrogen (secondary N) is 1. The van der Waals surface area contributed by atoms with Gasteiger partial charge in [-0.3, -0.25) is 0 Å². The second-order valence-electron chi connectivity index (χ2n) is 4.60. The minimum Gasteiger partial charge on any atom is -0.489 e. The van der Waals surface area contributed by atoms with E-state index in [0.29, 0.717) is 36.0 Å². The lowest BCUT2D eigenvalue weighted by molar-refractivity contribution is 0.0520. The molecule has 2 rings (SSSR count). The lowest BCUT2D eigenvalue weighted by Gasteiger charge is -2.12. The average molecular weight is 329 g/mol. The van der Waals surface area contributed by atoms with Gasteiger partial charge < -0.3 is 14.2 Å². The molecular weight excluding hydrogens is 310 g/mol. The van der Waals surface area contributed by atoms with Gasteiger partial charge in [0.2, 0.25) is 0 Å². The number of aromatic amines is 1. The fourth-order valence-corrected chi connectivity index (χ4v) is 1.97. The van der Waals surface area contributed by atoms with E-state index in [1.54, 1.807) is 37.3 Å². The van der Waals surface area contributed by atoms with Gasteiger partial charge in [0.05, 0.1) is 6.61 Å². The molecular formula is C17H19N3O4. The first-order valence-electron chi connectivity index (χ1n) is 7.41. The number of hydrogen-bond acceptors (Lipinski definition) is 6. The van der Waals surface area contributed by atoms with Crippen LogP contribution >= 0.6 is 0 Å². The van der Waals surface area contributed by atoms with Gasteiger partial charge in [-0.15, -0.1) is 5.10 Å². The van der Waals surface area contributed by atoms with Crippen molar-refractivity contribution < 1.29 is 19.0 Å². The third kappa shape index (κ3) is 4.01. The van der Waals surface area contributed by atoms with Crippen LogP contribution in [0.15, 0.2) is 43.5 Å². The average Bonchev–Trinajstić information content (AvgIpc) is 3.08. The molecule has 7 heteroatoms. The molecule has 0 aliphatic heterocycles. The van der Waals surface area contributed by atoms with Gasteiger partial charge in [0.1, 0.15) is 30.4 Å². The van der Waals surface area contributed by atoms with Crippen molar-refractivity contribution in [3.05, 3.63) is 49.2 Å². The van der Waals surface area contributed by atoms with Crippen molar-refractivity contribution >= 4 is 5.97 Å². The smallest absolute Gasteiger partial charge is 0.361 e. The van der Waals surface area contributed by atoms with Gasteiger partial charge in [-0.05, 0) is 19.1 Å². The zero-order valence-corrected chi connectivity index (χ0v) is 13.4. The molecule has 1 aromatic carbocycles. The predicted octanol–water partition coefficient (Wildman–Crippen LogP) is 2.78. The number of benzene rings is 1. The molecule has 0 saturated heterocycles. The van der Waals surface area contributed by atoms with Crippen LogP contribution in [0.2, 0.25) is 0 Å². The van der Waals surface area contributed by atoms with Gasteiger partial charge in [0.15, 0.2) is 5.69 Å². The molecule has 1 aromatic heterocycles. The predicted molar refractivity (Wildman–Crippen MR) is 89.2 cm³/mol. The van der Waals surface area contributed by atoms with Crippen LogP contribution in [0, 0.1) is 0 Å². The van der Waals surface area contributed by atoms with E-state index in [1.165, 1.54) is 0 Å². The van der Waals surface area contributed by atoms with E-state index in [4.69, 9.17) is 14.2 Å². The zero-order valence-electron chi connectivity index (χ0n) is 13.4. The number of aromatic nitrogens is 3. The minimum absolute atomic E-state index is 0.0973. The molecule has 0 bridgehead atoms. The molecule has 126 valence electrons. The molecule has 7 nitrogen and oxygen atoms in total. The van der Waals surface area contributed by atoms with Crippen molar-refractivity contribution in [2.45, 2.75) is 6.92 Å². The van der Waals surface area contributed by atoms with Crippen LogP contribution in [0.5, 0.6) is 11.5 Å². The van der Waals surface area contributed by atoms with Crippen molar-refractivity contribution in [1.29, 1.82) is 0 Å². The highest BCUT2D eigenvalue weighted by Crippen LogP contribution is 2.34. The van der Waals surface area contributed by atoms with Crippen molar-refractivity contribution in [2.75, 3.05) is 19.8 Å². The number of esters is 1. The SMILES string of the molecule is C=CCOc1ccc(-c2n[nH]nc2C(=O)OCC)c(OCC=C)c1. The standard InChI is InChI=1S/C17H19N3O4/c1-4-9-23-12-7-8-13(14(11-12)24-10-5-2)15-16(19-20-18-15)17(21)22-6-3/h4-5,7-8,11H,1-2,6,9-10H2,3H3,(H,18,19,20). The third-order valence-electron chi connectivity index (χ3n) is 2.95. The summed E-state index contributed by atoms with van der Waals surface area (Å²) in [6.07, 6.45) is 3.27. The Labute approximate surface area is 139 Å². The summed E-state index contributed by atoms with van der Waals surface area (Å²) in [5, 5.41) is 10.4. The van der Waals surface area contributed by atoms with Crippen LogP contribution in [0.4, 0.5) is 0 Å². The zero-order chi connectivity index (χ0) is 17.4. The molecule has 0 atom stereocenters. The highest BCUT2D eigenvalue weighted by atomic mass is 16.5. The second kappa shape index (κ2) is 8.52. The number of carbonyl (C=O) groups excluding carboxylic acids is 1. The first-order valence-corrected chi connectivity index (χ1v) is 7.41. The summed E-state index contributed by atoms with van der Waals surface area (Å²) in [6.45, 7) is 9.89. The van der Waals surface area contributed by atoms with E-state index in [9.17, 15) is 4.79 Å². The molecule has 0 radical (unpaired) electrons. The molecule has 0 unspecified atom stereocenters. The van der Waals surface area contributed by atoms with Crippen LogP contribution in [0.1, 0.15) is 17.4 Å². The molecule has 1 N–H and O–H groups in total. The Hall–Kier alpha value is -3.09. The van der Waals surface area contributed by atoms with Crippen LogP contribution in [0.3, 0.4) is 0 Å². The number of ether oxygens (including phenoxy) is 3. The van der Waals surface area contributed by atoms with Gasteiger partial charge in [-0.2, -0.15) is 10.3 Å². The Balaban J connectivity index is 2.41. The number of hydrogen-bond donors (Lipinski definition) is 1. The number of H-pyrrole nitrogens is 1. The molecule has 0 amide bonds. The Morgan fingerprint density at radius 1 is 1.21 bits per heavy atom. The van der Waals surface area contributed by atoms with E-state index < -0.39 is 5.97 Å². The van der Waals surface area contributed by atoms with Crippen LogP contribution in [-0.2, 0) is 4.74 Å². The molecule has 0 aliphatic rings. The first-order chi connectivity index (χ1) is 11.7. The maximum absolute atomic E-state index is 12.0. The maximum Gasteiger partial charge on any atom is 0.361 e. The summed E-state index contributed by atoms with van der Waals surface area (Å²) in [4.78, 5) is 12.0. The quantitative estimate of drug-likeness (QED) is 0.562. The summed E-state index contributed by atoms with van der Waals surface area (Å²) < 4.78 is 16.2. The summed E-state index contributed by atoms with van der Waals surface area (Å²) in [6, 6.07) is 5.21. The van der Waals surface area contributed by atoms with E-state index in [1.807, 2.05) is 0 Å². The van der Waals surface area contributed by atoms with Crippen LogP contribution < -0.4 is 9.47 Å². The van der Waals surface area contributed by atoms with E-state index in [0.717, 1.165) is 0 Å². The monoisotopic (exact) mass is 329 g/mol. The van der Waals surface area contributed by atoms with Crippen LogP contribution in [-0.4, -0.2) is 41.2 Å². The molecule has 0 saturated carbocycles. The number of rotatable bonds is 9. The molecule has 24 heavy (non-hydrogen) atoms. The topological polar surface area (TPSA) is 86.3 Å². The molecule has 2 aromatic rings. The Bertz CT molecular complexity index is 724. The van der Waals surface area contributed by atoms with Gasteiger partial charge in [-0.1, -0.05) is 25.3 Å². The van der Waals surface area contributed by atoms with Crippen molar-refractivity contribution in [2.24, 2.45) is 0 Å². The molecule has 0 aliphatic carbocycles. The maximum atomic E-state index is 12.0. The second-order valence-corrected chi connectivity index (χ2v) is 4.60. The fourth-order valence-electron chi connectivity index (χ4n) is 1.97. The number of carbonyl (C=O) groups is 1. The van der Waals surface area contributed by atoms with E-state index in [-0.39, 0.29) is 12.3 Å². The minimum atomic E-state index is -0.553. The third-order valence-corrected chi connectivity index (χ3v) is 2.95. The normalized spacial score (nSPS) is 10.0. The molecule has 0 spiro atoms. The Morgan fingerprint density at radius 3 is 2.67 bits per heavy atom. The highest BCUT2D eigenvalue weighted by molar-refractivity contribution is 5.94. The van der Waals surface area contributed by atoms with Crippen molar-refractivity contribution in [3.63, 3.8) is 0 Å². The molecule has 1 heterocycles. The van der Waals surface area contributed by atoms with Crippen molar-refractivity contribution in [3.8, 4) is 22.8 Å². The summed E-state index contributed by atoms with van der Waals surface area (Å²) in [5.74, 6) is 0.553. The first kappa shape index (κ1) is 17.3.